The minimum absolute atomic E-state index is 0. The number of rotatable bonds is 0. The maximum absolute atomic E-state index is 13.2. The fraction of sp³-hybridized carbons (Fsp3) is 0.250. The lowest BCUT2D eigenvalue weighted by atomic mass is 10.1. The van der Waals surface area contributed by atoms with Gasteiger partial charge in [0.25, 0.3) is 0 Å². The second kappa shape index (κ2) is 3.73. The van der Waals surface area contributed by atoms with E-state index in [4.69, 9.17) is 0 Å². The van der Waals surface area contributed by atoms with Gasteiger partial charge in [-0.3, -0.25) is 0 Å². The van der Waals surface area contributed by atoms with Crippen LogP contribution in [0.4, 0.5) is 4.39 Å². The molecule has 12 heavy (non-hydrogen) atoms. The topological polar surface area (TPSA) is 12.0 Å². The maximum Gasteiger partial charge on any atom is 0.142 e. The fourth-order valence-electron chi connectivity index (χ4n) is 1.31. The third-order valence-electron chi connectivity index (χ3n) is 1.91. The van der Waals surface area contributed by atoms with Crippen LogP contribution in [0.15, 0.2) is 16.6 Å². The van der Waals surface area contributed by atoms with Gasteiger partial charge in [-0.15, -0.1) is 12.4 Å². The van der Waals surface area contributed by atoms with Crippen molar-refractivity contribution in [3.05, 3.63) is 33.5 Å². The Bertz CT molecular complexity index is 303. The molecule has 0 fully saturated rings. The first-order valence-electron chi connectivity index (χ1n) is 3.45. The van der Waals surface area contributed by atoms with Crippen LogP contribution in [0.2, 0.25) is 0 Å². The number of hydrogen-bond acceptors (Lipinski definition) is 1. The molecule has 1 aromatic rings. The number of fused-ring (bicyclic) bond motifs is 1. The van der Waals surface area contributed by atoms with Crippen LogP contribution in [-0.2, 0) is 13.1 Å². The van der Waals surface area contributed by atoms with Crippen molar-refractivity contribution in [2.45, 2.75) is 13.1 Å². The minimum Gasteiger partial charge on any atom is -0.308 e. The largest absolute Gasteiger partial charge is 0.308 e. The molecule has 0 unspecified atom stereocenters. The summed E-state index contributed by atoms with van der Waals surface area (Å²) in [6.07, 6.45) is 0. The predicted molar refractivity (Wildman–Crippen MR) is 51.9 cm³/mol. The van der Waals surface area contributed by atoms with Crippen LogP contribution in [0.25, 0.3) is 0 Å². The van der Waals surface area contributed by atoms with E-state index in [0.717, 1.165) is 17.7 Å². The average Bonchev–Trinajstić information content (AvgIpc) is 2.45. The van der Waals surface area contributed by atoms with Crippen molar-refractivity contribution in [1.82, 2.24) is 5.32 Å². The number of hydrogen-bond donors (Lipinski definition) is 1. The zero-order chi connectivity index (χ0) is 7.84. The zero-order valence-electron chi connectivity index (χ0n) is 6.23. The Morgan fingerprint density at radius 2 is 2.08 bits per heavy atom. The summed E-state index contributed by atoms with van der Waals surface area (Å²) in [5.74, 6) is -0.118. The molecule has 1 aliphatic heterocycles. The molecule has 0 aromatic heterocycles. The molecule has 1 N–H and O–H groups in total. The molecule has 1 aliphatic rings. The molecular formula is C8H8BrClFN. The van der Waals surface area contributed by atoms with Gasteiger partial charge in [-0.25, -0.2) is 4.39 Å². The van der Waals surface area contributed by atoms with Gasteiger partial charge in [0.15, 0.2) is 0 Å². The third kappa shape index (κ3) is 1.49. The van der Waals surface area contributed by atoms with Gasteiger partial charge in [0.05, 0.1) is 4.47 Å². The first kappa shape index (κ1) is 9.96. The van der Waals surface area contributed by atoms with E-state index in [9.17, 15) is 4.39 Å². The molecule has 0 aliphatic carbocycles. The molecule has 2 rings (SSSR count). The monoisotopic (exact) mass is 251 g/mol. The highest BCUT2D eigenvalue weighted by Crippen LogP contribution is 2.24. The highest BCUT2D eigenvalue weighted by Gasteiger charge is 2.15. The van der Waals surface area contributed by atoms with Gasteiger partial charge in [0.1, 0.15) is 5.82 Å². The van der Waals surface area contributed by atoms with Crippen molar-refractivity contribution in [2.24, 2.45) is 0 Å². The van der Waals surface area contributed by atoms with E-state index in [0.29, 0.717) is 11.0 Å². The molecule has 1 heterocycles. The van der Waals surface area contributed by atoms with Crippen LogP contribution in [-0.4, -0.2) is 0 Å². The van der Waals surface area contributed by atoms with Gasteiger partial charge in [-0.2, -0.15) is 0 Å². The zero-order valence-corrected chi connectivity index (χ0v) is 8.64. The van der Waals surface area contributed by atoms with Crippen LogP contribution in [0.3, 0.4) is 0 Å². The van der Waals surface area contributed by atoms with Gasteiger partial charge in [-0.05, 0) is 27.6 Å². The third-order valence-corrected chi connectivity index (χ3v) is 2.52. The quantitative estimate of drug-likeness (QED) is 0.748. The summed E-state index contributed by atoms with van der Waals surface area (Å²) < 4.78 is 13.8. The van der Waals surface area contributed by atoms with Crippen molar-refractivity contribution >= 4 is 28.3 Å². The summed E-state index contributed by atoms with van der Waals surface area (Å²) in [5, 5.41) is 3.09. The van der Waals surface area contributed by atoms with E-state index in [1.807, 2.05) is 6.07 Å². The van der Waals surface area contributed by atoms with E-state index in [2.05, 4.69) is 21.2 Å². The minimum atomic E-state index is -0.118. The summed E-state index contributed by atoms with van der Waals surface area (Å²) in [7, 11) is 0. The first-order chi connectivity index (χ1) is 5.29. The van der Waals surface area contributed by atoms with Crippen molar-refractivity contribution in [1.29, 1.82) is 0 Å². The lowest BCUT2D eigenvalue weighted by molar-refractivity contribution is 0.602. The summed E-state index contributed by atoms with van der Waals surface area (Å²) >= 11 is 3.15. The van der Waals surface area contributed by atoms with Crippen LogP contribution < -0.4 is 5.32 Å². The SMILES string of the molecule is Cl.Fc1c(Br)ccc2c1CNC2. The van der Waals surface area contributed by atoms with Crippen molar-refractivity contribution in [3.63, 3.8) is 0 Å². The lowest BCUT2D eigenvalue weighted by Crippen LogP contribution is -2.00. The van der Waals surface area contributed by atoms with E-state index in [-0.39, 0.29) is 18.2 Å². The van der Waals surface area contributed by atoms with Gasteiger partial charge in [0.2, 0.25) is 0 Å². The molecule has 1 aromatic carbocycles. The van der Waals surface area contributed by atoms with E-state index in [1.54, 1.807) is 6.07 Å². The van der Waals surface area contributed by atoms with Gasteiger partial charge < -0.3 is 5.32 Å². The second-order valence-electron chi connectivity index (χ2n) is 2.60. The lowest BCUT2D eigenvalue weighted by Gasteiger charge is -2.00. The molecule has 0 atom stereocenters. The number of nitrogens with one attached hydrogen (secondary N) is 1. The highest BCUT2D eigenvalue weighted by molar-refractivity contribution is 9.10. The van der Waals surface area contributed by atoms with Crippen LogP contribution in [0.1, 0.15) is 11.1 Å². The van der Waals surface area contributed by atoms with E-state index >= 15 is 0 Å². The molecule has 4 heteroatoms. The van der Waals surface area contributed by atoms with E-state index < -0.39 is 0 Å². The van der Waals surface area contributed by atoms with Crippen LogP contribution >= 0.6 is 28.3 Å². The van der Waals surface area contributed by atoms with Crippen molar-refractivity contribution in [3.8, 4) is 0 Å². The van der Waals surface area contributed by atoms with Gasteiger partial charge in [-0.1, -0.05) is 6.07 Å². The molecule has 0 spiro atoms. The van der Waals surface area contributed by atoms with Crippen molar-refractivity contribution in [2.75, 3.05) is 0 Å². The molecule has 0 saturated heterocycles. The number of benzene rings is 1. The van der Waals surface area contributed by atoms with Gasteiger partial charge in [0, 0.05) is 18.7 Å². The second-order valence-corrected chi connectivity index (χ2v) is 3.46. The Morgan fingerprint density at radius 3 is 2.83 bits per heavy atom. The van der Waals surface area contributed by atoms with Crippen LogP contribution in [0.5, 0.6) is 0 Å². The Hall–Kier alpha value is -0.120. The molecule has 0 amide bonds. The Balaban J connectivity index is 0.000000720. The summed E-state index contributed by atoms with van der Waals surface area (Å²) in [6.45, 7) is 1.44. The first-order valence-corrected chi connectivity index (χ1v) is 4.25. The van der Waals surface area contributed by atoms with E-state index in [1.165, 1.54) is 0 Å². The molecule has 1 nitrogen and oxygen atoms in total. The summed E-state index contributed by atoms with van der Waals surface area (Å²) in [6, 6.07) is 3.70. The summed E-state index contributed by atoms with van der Waals surface area (Å²) in [4.78, 5) is 0. The molecule has 0 radical (unpaired) electrons. The molecule has 0 saturated carbocycles. The maximum atomic E-state index is 13.2. The smallest absolute Gasteiger partial charge is 0.142 e. The Kier molecular flexibility index (Phi) is 3.09. The molecular weight excluding hydrogens is 244 g/mol. The Labute approximate surface area is 84.9 Å². The highest BCUT2D eigenvalue weighted by atomic mass is 79.9. The fourth-order valence-corrected chi connectivity index (χ4v) is 1.68. The van der Waals surface area contributed by atoms with Crippen LogP contribution in [0, 0.1) is 5.82 Å². The average molecular weight is 253 g/mol. The molecule has 0 bridgehead atoms. The number of halogens is 3. The summed E-state index contributed by atoms with van der Waals surface area (Å²) in [5.41, 5.74) is 1.88. The standard InChI is InChI=1S/C8H7BrFN.ClH/c9-7-2-1-5-3-11-4-6(5)8(7)10;/h1-2,11H,3-4H2;1H. The molecule has 66 valence electrons. The Morgan fingerprint density at radius 1 is 1.33 bits per heavy atom. The van der Waals surface area contributed by atoms with Crippen molar-refractivity contribution < 1.29 is 4.39 Å². The van der Waals surface area contributed by atoms with Gasteiger partial charge >= 0.3 is 0 Å². The normalized spacial score (nSPS) is 13.8. The predicted octanol–water partition coefficient (Wildman–Crippen LogP) is 2.61.